The van der Waals surface area contributed by atoms with Crippen LogP contribution in [0.1, 0.15) is 40.6 Å². The van der Waals surface area contributed by atoms with Crippen LogP contribution >= 0.6 is 0 Å². The first-order valence-corrected chi connectivity index (χ1v) is 8.56. The second kappa shape index (κ2) is 7.65. The van der Waals surface area contributed by atoms with Gasteiger partial charge in [0.15, 0.2) is 0 Å². The van der Waals surface area contributed by atoms with Crippen molar-refractivity contribution in [3.63, 3.8) is 0 Å². The van der Waals surface area contributed by atoms with E-state index in [1.807, 2.05) is 19.3 Å². The van der Waals surface area contributed by atoms with E-state index in [0.717, 1.165) is 44.0 Å². The second-order valence-corrected chi connectivity index (χ2v) is 6.39. The molecule has 134 valence electrons. The molecular formula is C18H24N4O3. The third kappa shape index (κ3) is 3.82. The Morgan fingerprint density at radius 2 is 2.28 bits per heavy atom. The Bertz CT molecular complexity index is 744. The lowest BCUT2D eigenvalue weighted by Gasteiger charge is -2.34. The number of nitrogens with zero attached hydrogens (tertiary/aromatic N) is 4. The fourth-order valence-corrected chi connectivity index (χ4v) is 3.39. The summed E-state index contributed by atoms with van der Waals surface area (Å²) in [4.78, 5) is 22.7. The highest BCUT2D eigenvalue weighted by atomic mass is 16.5. The summed E-state index contributed by atoms with van der Waals surface area (Å²) in [5.41, 5.74) is 1.08. The van der Waals surface area contributed by atoms with Gasteiger partial charge in [-0.3, -0.25) is 0 Å². The molecule has 1 aliphatic rings. The summed E-state index contributed by atoms with van der Waals surface area (Å²) in [5, 5.41) is 9.48. The lowest BCUT2D eigenvalue weighted by atomic mass is 9.96. The van der Waals surface area contributed by atoms with Crippen LogP contribution in [0.15, 0.2) is 24.5 Å². The number of carbonyl (C=O) groups is 1. The standard InChI is InChI=1S/C18H24N4O3/c1-13-5-6-15(18(23)24)17(20-13)22-8-3-4-14(12-22)16-19-7-9-21(16)10-11-25-2/h5-7,9,14H,3-4,8,10-12H2,1-2H3,(H,23,24)/t14-/m1/s1. The fourth-order valence-electron chi connectivity index (χ4n) is 3.39. The van der Waals surface area contributed by atoms with Crippen molar-refractivity contribution in [1.82, 2.24) is 14.5 Å². The van der Waals surface area contributed by atoms with Crippen molar-refractivity contribution in [2.75, 3.05) is 31.7 Å². The van der Waals surface area contributed by atoms with Crippen molar-refractivity contribution in [3.8, 4) is 0 Å². The molecule has 25 heavy (non-hydrogen) atoms. The third-order valence-electron chi connectivity index (χ3n) is 4.61. The molecular weight excluding hydrogens is 320 g/mol. The minimum Gasteiger partial charge on any atom is -0.478 e. The maximum absolute atomic E-state index is 11.6. The van der Waals surface area contributed by atoms with Crippen molar-refractivity contribution in [2.24, 2.45) is 0 Å². The number of imidazole rings is 1. The molecule has 2 aromatic heterocycles. The van der Waals surface area contributed by atoms with E-state index >= 15 is 0 Å². The van der Waals surface area contributed by atoms with E-state index in [4.69, 9.17) is 4.74 Å². The summed E-state index contributed by atoms with van der Waals surface area (Å²) in [6, 6.07) is 3.38. The second-order valence-electron chi connectivity index (χ2n) is 6.39. The van der Waals surface area contributed by atoms with Crippen LogP contribution in [-0.2, 0) is 11.3 Å². The highest BCUT2D eigenvalue weighted by Crippen LogP contribution is 2.30. The van der Waals surface area contributed by atoms with Crippen LogP contribution < -0.4 is 4.90 Å². The third-order valence-corrected chi connectivity index (χ3v) is 4.61. The molecule has 0 radical (unpaired) electrons. The molecule has 0 bridgehead atoms. The zero-order valence-electron chi connectivity index (χ0n) is 14.7. The van der Waals surface area contributed by atoms with E-state index in [-0.39, 0.29) is 11.5 Å². The SMILES string of the molecule is COCCn1ccnc1[C@@H]1CCCN(c2nc(C)ccc2C(=O)O)C1. The quantitative estimate of drug-likeness (QED) is 0.866. The van der Waals surface area contributed by atoms with Crippen LogP contribution in [0.2, 0.25) is 0 Å². The normalized spacial score (nSPS) is 17.7. The average molecular weight is 344 g/mol. The van der Waals surface area contributed by atoms with Gasteiger partial charge in [0, 0.05) is 50.7 Å². The van der Waals surface area contributed by atoms with Gasteiger partial charge in [0.2, 0.25) is 0 Å². The smallest absolute Gasteiger partial charge is 0.339 e. The first-order chi connectivity index (χ1) is 12.1. The van der Waals surface area contributed by atoms with Gasteiger partial charge in [-0.2, -0.15) is 0 Å². The van der Waals surface area contributed by atoms with Gasteiger partial charge in [0.05, 0.1) is 6.61 Å². The Labute approximate surface area is 147 Å². The average Bonchev–Trinajstić information content (AvgIpc) is 3.08. The number of rotatable bonds is 6. The van der Waals surface area contributed by atoms with E-state index in [2.05, 4.69) is 19.4 Å². The number of aromatic carboxylic acids is 1. The first kappa shape index (κ1) is 17.4. The minimum absolute atomic E-state index is 0.254. The molecule has 0 spiro atoms. The largest absolute Gasteiger partial charge is 0.478 e. The maximum atomic E-state index is 11.6. The van der Waals surface area contributed by atoms with Crippen LogP contribution in [0.4, 0.5) is 5.82 Å². The van der Waals surface area contributed by atoms with Gasteiger partial charge in [0.1, 0.15) is 17.2 Å². The minimum atomic E-state index is -0.939. The molecule has 1 aliphatic heterocycles. The number of methoxy groups -OCH3 is 1. The van der Waals surface area contributed by atoms with Crippen molar-refractivity contribution >= 4 is 11.8 Å². The predicted octanol–water partition coefficient (Wildman–Crippen LogP) is 2.32. The lowest BCUT2D eigenvalue weighted by Crippen LogP contribution is -2.37. The van der Waals surface area contributed by atoms with Gasteiger partial charge in [-0.15, -0.1) is 0 Å². The van der Waals surface area contributed by atoms with Crippen LogP contribution in [0, 0.1) is 6.92 Å². The molecule has 1 N–H and O–H groups in total. The number of aromatic nitrogens is 3. The molecule has 3 rings (SSSR count). The van der Waals surface area contributed by atoms with Crippen LogP contribution in [0.5, 0.6) is 0 Å². The fraction of sp³-hybridized carbons (Fsp3) is 0.500. The Morgan fingerprint density at radius 1 is 1.44 bits per heavy atom. The Kier molecular flexibility index (Phi) is 5.33. The topological polar surface area (TPSA) is 80.5 Å². The van der Waals surface area contributed by atoms with Crippen LogP contribution in [0.3, 0.4) is 0 Å². The highest BCUT2D eigenvalue weighted by molar-refractivity contribution is 5.93. The molecule has 1 fully saturated rings. The van der Waals surface area contributed by atoms with Crippen LogP contribution in [-0.4, -0.2) is 52.4 Å². The molecule has 1 atom stereocenters. The molecule has 2 aromatic rings. The van der Waals surface area contributed by atoms with Crippen molar-refractivity contribution in [3.05, 3.63) is 41.6 Å². The molecule has 1 saturated heterocycles. The number of ether oxygens (including phenoxy) is 1. The Morgan fingerprint density at radius 3 is 3.04 bits per heavy atom. The number of pyridine rings is 1. The number of hydrogen-bond donors (Lipinski definition) is 1. The number of anilines is 1. The molecule has 0 aliphatic carbocycles. The van der Waals surface area contributed by atoms with Gasteiger partial charge in [-0.1, -0.05) is 0 Å². The number of carboxylic acid groups (broad SMARTS) is 1. The zero-order valence-corrected chi connectivity index (χ0v) is 14.7. The summed E-state index contributed by atoms with van der Waals surface area (Å²) < 4.78 is 7.29. The van der Waals surface area contributed by atoms with Crippen molar-refractivity contribution in [2.45, 2.75) is 32.2 Å². The molecule has 0 amide bonds. The van der Waals surface area contributed by atoms with Gasteiger partial charge in [-0.25, -0.2) is 14.8 Å². The summed E-state index contributed by atoms with van der Waals surface area (Å²) in [5.74, 6) is 0.911. The Hall–Kier alpha value is -2.41. The van der Waals surface area contributed by atoms with E-state index < -0.39 is 5.97 Å². The van der Waals surface area contributed by atoms with E-state index in [1.54, 1.807) is 19.2 Å². The number of carboxylic acids is 1. The van der Waals surface area contributed by atoms with Gasteiger partial charge in [-0.05, 0) is 31.9 Å². The maximum Gasteiger partial charge on any atom is 0.339 e. The molecule has 3 heterocycles. The number of piperidine rings is 1. The van der Waals surface area contributed by atoms with E-state index in [9.17, 15) is 9.90 Å². The summed E-state index contributed by atoms with van der Waals surface area (Å²) >= 11 is 0. The summed E-state index contributed by atoms with van der Waals surface area (Å²) in [6.45, 7) is 4.83. The molecule has 0 unspecified atom stereocenters. The molecule has 7 heteroatoms. The van der Waals surface area contributed by atoms with Gasteiger partial charge < -0.3 is 19.3 Å². The number of aryl methyl sites for hydroxylation is 1. The van der Waals surface area contributed by atoms with Crippen molar-refractivity contribution < 1.29 is 14.6 Å². The van der Waals surface area contributed by atoms with E-state index in [1.165, 1.54) is 0 Å². The molecule has 0 aromatic carbocycles. The van der Waals surface area contributed by atoms with E-state index in [0.29, 0.717) is 12.4 Å². The lowest BCUT2D eigenvalue weighted by molar-refractivity contribution is 0.0697. The molecule has 7 nitrogen and oxygen atoms in total. The zero-order chi connectivity index (χ0) is 17.8. The monoisotopic (exact) mass is 344 g/mol. The summed E-state index contributed by atoms with van der Waals surface area (Å²) in [6.07, 6.45) is 5.81. The van der Waals surface area contributed by atoms with Crippen LogP contribution in [0.25, 0.3) is 0 Å². The highest BCUT2D eigenvalue weighted by Gasteiger charge is 2.28. The first-order valence-electron chi connectivity index (χ1n) is 8.56. The summed E-state index contributed by atoms with van der Waals surface area (Å²) in [7, 11) is 1.69. The van der Waals surface area contributed by atoms with Gasteiger partial charge in [0.25, 0.3) is 0 Å². The number of hydrogen-bond acceptors (Lipinski definition) is 5. The van der Waals surface area contributed by atoms with Gasteiger partial charge >= 0.3 is 5.97 Å². The predicted molar refractivity (Wildman–Crippen MR) is 94.2 cm³/mol. The Balaban J connectivity index is 1.84. The van der Waals surface area contributed by atoms with Crippen molar-refractivity contribution in [1.29, 1.82) is 0 Å². The molecule has 0 saturated carbocycles.